The van der Waals surface area contributed by atoms with Crippen LogP contribution in [-0.4, -0.2) is 6.54 Å². The number of hydrogen-bond acceptors (Lipinski definition) is 1. The zero-order valence-corrected chi connectivity index (χ0v) is 10.5. The fourth-order valence-electron chi connectivity index (χ4n) is 2.84. The highest BCUT2D eigenvalue weighted by molar-refractivity contribution is 5.52. The molecule has 1 aromatic carbocycles. The van der Waals surface area contributed by atoms with Crippen molar-refractivity contribution >= 4 is 0 Å². The molecule has 0 spiro atoms. The maximum Gasteiger partial charge on any atom is 0.0297 e. The van der Waals surface area contributed by atoms with E-state index in [1.165, 1.54) is 28.7 Å². The van der Waals surface area contributed by atoms with E-state index >= 15 is 0 Å². The van der Waals surface area contributed by atoms with Gasteiger partial charge in [-0.25, -0.2) is 0 Å². The van der Waals surface area contributed by atoms with E-state index in [2.05, 4.69) is 39.9 Å². The molecule has 0 radical (unpaired) electrons. The summed E-state index contributed by atoms with van der Waals surface area (Å²) in [7, 11) is 0. The molecule has 1 nitrogen and oxygen atoms in total. The molecular formula is C14H21N. The van der Waals surface area contributed by atoms with Gasteiger partial charge in [0.2, 0.25) is 0 Å². The fraction of sp³-hybridized carbons (Fsp3) is 0.571. The summed E-state index contributed by atoms with van der Waals surface area (Å²) in [5, 5.41) is 3.55. The minimum Gasteiger partial charge on any atom is -0.310 e. The van der Waals surface area contributed by atoms with E-state index in [0.717, 1.165) is 6.54 Å². The SMILES string of the molecule is Cc1c(C)c(C)c2c(c1C)CCN[C@@H]2C. The molecule has 0 amide bonds. The van der Waals surface area contributed by atoms with Gasteiger partial charge in [0.1, 0.15) is 0 Å². The lowest BCUT2D eigenvalue weighted by atomic mass is 9.83. The van der Waals surface area contributed by atoms with Crippen molar-refractivity contribution in [3.8, 4) is 0 Å². The van der Waals surface area contributed by atoms with Crippen molar-refractivity contribution in [3.63, 3.8) is 0 Å². The van der Waals surface area contributed by atoms with Gasteiger partial charge in [0.05, 0.1) is 0 Å². The van der Waals surface area contributed by atoms with Gasteiger partial charge >= 0.3 is 0 Å². The van der Waals surface area contributed by atoms with Crippen molar-refractivity contribution in [2.75, 3.05) is 6.54 Å². The average molecular weight is 203 g/mol. The number of fused-ring (bicyclic) bond motifs is 1. The second kappa shape index (κ2) is 3.64. The molecule has 1 aromatic rings. The Hall–Kier alpha value is -0.820. The smallest absolute Gasteiger partial charge is 0.0297 e. The van der Waals surface area contributed by atoms with Gasteiger partial charge in [0.25, 0.3) is 0 Å². The first-order chi connectivity index (χ1) is 7.04. The average Bonchev–Trinajstić information content (AvgIpc) is 2.23. The van der Waals surface area contributed by atoms with Crippen LogP contribution in [0.15, 0.2) is 0 Å². The van der Waals surface area contributed by atoms with E-state index in [-0.39, 0.29) is 0 Å². The molecule has 2 rings (SSSR count). The van der Waals surface area contributed by atoms with Gasteiger partial charge in [-0.1, -0.05) is 0 Å². The molecule has 0 aromatic heterocycles. The highest BCUT2D eigenvalue weighted by atomic mass is 14.9. The third-order valence-corrected chi connectivity index (χ3v) is 4.13. The van der Waals surface area contributed by atoms with Crippen molar-refractivity contribution in [1.29, 1.82) is 0 Å². The van der Waals surface area contributed by atoms with Crippen LogP contribution in [-0.2, 0) is 6.42 Å². The molecule has 0 fully saturated rings. The van der Waals surface area contributed by atoms with Crippen LogP contribution < -0.4 is 5.32 Å². The van der Waals surface area contributed by atoms with Gasteiger partial charge in [0.15, 0.2) is 0 Å². The Morgan fingerprint density at radius 3 is 2.20 bits per heavy atom. The predicted octanol–water partition coefficient (Wildman–Crippen LogP) is 3.13. The molecule has 1 aliphatic rings. The van der Waals surface area contributed by atoms with Crippen molar-refractivity contribution in [1.82, 2.24) is 5.32 Å². The summed E-state index contributed by atoms with van der Waals surface area (Å²) in [5.41, 5.74) is 9.13. The van der Waals surface area contributed by atoms with Gasteiger partial charge in [-0.15, -0.1) is 0 Å². The second-order valence-corrected chi connectivity index (χ2v) is 4.82. The summed E-state index contributed by atoms with van der Waals surface area (Å²) in [4.78, 5) is 0. The Morgan fingerprint density at radius 2 is 1.53 bits per heavy atom. The molecule has 0 saturated heterocycles. The molecule has 15 heavy (non-hydrogen) atoms. The van der Waals surface area contributed by atoms with Crippen molar-refractivity contribution in [2.45, 2.75) is 47.1 Å². The normalized spacial score (nSPS) is 20.2. The van der Waals surface area contributed by atoms with E-state index in [1.54, 1.807) is 11.1 Å². The fourth-order valence-corrected chi connectivity index (χ4v) is 2.84. The predicted molar refractivity (Wildman–Crippen MR) is 65.5 cm³/mol. The lowest BCUT2D eigenvalue weighted by molar-refractivity contribution is 0.535. The van der Waals surface area contributed by atoms with Crippen LogP contribution in [0.4, 0.5) is 0 Å². The summed E-state index contributed by atoms with van der Waals surface area (Å²) in [6, 6.07) is 0.520. The van der Waals surface area contributed by atoms with E-state index in [9.17, 15) is 0 Å². The van der Waals surface area contributed by atoms with E-state index in [0.29, 0.717) is 6.04 Å². The zero-order chi connectivity index (χ0) is 11.2. The first-order valence-electron chi connectivity index (χ1n) is 5.86. The molecule has 1 atom stereocenters. The first kappa shape index (κ1) is 10.7. The van der Waals surface area contributed by atoms with Crippen LogP contribution in [0.2, 0.25) is 0 Å². The zero-order valence-electron chi connectivity index (χ0n) is 10.5. The van der Waals surface area contributed by atoms with Gasteiger partial charge in [0, 0.05) is 6.04 Å². The second-order valence-electron chi connectivity index (χ2n) is 4.82. The molecular weight excluding hydrogens is 182 g/mol. The molecule has 0 bridgehead atoms. The third-order valence-electron chi connectivity index (χ3n) is 4.13. The van der Waals surface area contributed by atoms with Crippen molar-refractivity contribution in [2.24, 2.45) is 0 Å². The van der Waals surface area contributed by atoms with Gasteiger partial charge in [-0.2, -0.15) is 0 Å². The molecule has 1 heteroatoms. The monoisotopic (exact) mass is 203 g/mol. The van der Waals surface area contributed by atoms with Gasteiger partial charge in [-0.3, -0.25) is 0 Å². The van der Waals surface area contributed by atoms with E-state index < -0.39 is 0 Å². The minimum absolute atomic E-state index is 0.520. The minimum atomic E-state index is 0.520. The van der Waals surface area contributed by atoms with E-state index in [1.807, 2.05) is 0 Å². The molecule has 82 valence electrons. The third kappa shape index (κ3) is 1.50. The van der Waals surface area contributed by atoms with Crippen LogP contribution in [0.1, 0.15) is 46.3 Å². The summed E-state index contributed by atoms with van der Waals surface area (Å²) < 4.78 is 0. The number of nitrogens with one attached hydrogen (secondary N) is 1. The molecule has 1 aliphatic heterocycles. The van der Waals surface area contributed by atoms with Crippen LogP contribution in [0, 0.1) is 27.7 Å². The Morgan fingerprint density at radius 1 is 0.933 bits per heavy atom. The standard InChI is InChI=1S/C14H21N/c1-8-9(2)11(4)14-12(5)15-7-6-13(14)10(8)3/h12,15H,6-7H2,1-5H3/t12-/m1/s1. The summed E-state index contributed by atoms with van der Waals surface area (Å²) in [6.45, 7) is 12.4. The van der Waals surface area contributed by atoms with Gasteiger partial charge < -0.3 is 5.32 Å². The molecule has 0 saturated carbocycles. The van der Waals surface area contributed by atoms with E-state index in [4.69, 9.17) is 0 Å². The van der Waals surface area contributed by atoms with Crippen LogP contribution in [0.25, 0.3) is 0 Å². The molecule has 0 unspecified atom stereocenters. The summed E-state index contributed by atoms with van der Waals surface area (Å²) in [5.74, 6) is 0. The Balaban J connectivity index is 2.74. The Kier molecular flexibility index (Phi) is 2.59. The van der Waals surface area contributed by atoms with Crippen LogP contribution in [0.5, 0.6) is 0 Å². The Bertz CT molecular complexity index is 405. The van der Waals surface area contributed by atoms with Crippen LogP contribution >= 0.6 is 0 Å². The largest absolute Gasteiger partial charge is 0.310 e. The topological polar surface area (TPSA) is 12.0 Å². The molecule has 1 N–H and O–H groups in total. The first-order valence-corrected chi connectivity index (χ1v) is 5.86. The summed E-state index contributed by atoms with van der Waals surface area (Å²) in [6.07, 6.45) is 1.19. The quantitative estimate of drug-likeness (QED) is 0.683. The number of rotatable bonds is 0. The highest BCUT2D eigenvalue weighted by Gasteiger charge is 2.22. The van der Waals surface area contributed by atoms with Crippen molar-refractivity contribution in [3.05, 3.63) is 33.4 Å². The lowest BCUT2D eigenvalue weighted by Gasteiger charge is -2.30. The summed E-state index contributed by atoms with van der Waals surface area (Å²) >= 11 is 0. The van der Waals surface area contributed by atoms with Crippen LogP contribution in [0.3, 0.4) is 0 Å². The number of benzene rings is 1. The molecule has 1 heterocycles. The number of hydrogen-bond donors (Lipinski definition) is 1. The lowest BCUT2D eigenvalue weighted by Crippen LogP contribution is -2.29. The Labute approximate surface area is 92.9 Å². The maximum absolute atomic E-state index is 3.55. The molecule has 0 aliphatic carbocycles. The van der Waals surface area contributed by atoms with Gasteiger partial charge in [-0.05, 0) is 81.0 Å². The highest BCUT2D eigenvalue weighted by Crippen LogP contribution is 2.33. The van der Waals surface area contributed by atoms with Crippen molar-refractivity contribution < 1.29 is 0 Å². The maximum atomic E-state index is 3.55.